The first-order valence-corrected chi connectivity index (χ1v) is 9.03. The van der Waals surface area contributed by atoms with Crippen LogP contribution in [0.3, 0.4) is 0 Å². The highest BCUT2D eigenvalue weighted by molar-refractivity contribution is 7.13. The summed E-state index contributed by atoms with van der Waals surface area (Å²) in [6.45, 7) is 2.99. The summed E-state index contributed by atoms with van der Waals surface area (Å²) in [6, 6.07) is 17.9. The maximum Gasteiger partial charge on any atom is 0.238 e. The lowest BCUT2D eigenvalue weighted by Gasteiger charge is -2.15. The van der Waals surface area contributed by atoms with Gasteiger partial charge in [-0.25, -0.2) is 4.98 Å². The molecular weight excluding hydrogens is 330 g/mol. The van der Waals surface area contributed by atoms with Crippen molar-refractivity contribution in [3.05, 3.63) is 71.2 Å². The molecule has 0 spiro atoms. The van der Waals surface area contributed by atoms with Crippen molar-refractivity contribution < 1.29 is 4.79 Å². The molecule has 1 N–H and O–H groups in total. The van der Waals surface area contributed by atoms with Crippen molar-refractivity contribution >= 4 is 22.9 Å². The lowest BCUT2D eigenvalue weighted by molar-refractivity contribution is -0.117. The van der Waals surface area contributed by atoms with Gasteiger partial charge in [-0.15, -0.1) is 11.3 Å². The van der Waals surface area contributed by atoms with E-state index in [4.69, 9.17) is 0 Å². The molecule has 0 unspecified atom stereocenters. The maximum atomic E-state index is 12.2. The van der Waals surface area contributed by atoms with E-state index in [-0.39, 0.29) is 5.91 Å². The Morgan fingerprint density at radius 3 is 2.56 bits per heavy atom. The van der Waals surface area contributed by atoms with Gasteiger partial charge in [-0.1, -0.05) is 48.0 Å². The number of nitrogens with one attached hydrogen (secondary N) is 1. The Kier molecular flexibility index (Phi) is 5.58. The van der Waals surface area contributed by atoms with Crippen LogP contribution in [0.5, 0.6) is 0 Å². The Hall–Kier alpha value is -2.50. The fraction of sp³-hybridized carbons (Fsp3) is 0.200. The number of anilines is 1. The molecule has 1 aromatic heterocycles. The van der Waals surface area contributed by atoms with Crippen molar-refractivity contribution in [3.63, 3.8) is 0 Å². The van der Waals surface area contributed by atoms with Gasteiger partial charge in [0.1, 0.15) is 5.01 Å². The summed E-state index contributed by atoms with van der Waals surface area (Å²) in [5.74, 6) is -0.0233. The second-order valence-corrected chi connectivity index (χ2v) is 6.95. The van der Waals surface area contributed by atoms with Crippen LogP contribution in [0.1, 0.15) is 11.3 Å². The number of hydrogen-bond donors (Lipinski definition) is 1. The van der Waals surface area contributed by atoms with E-state index in [0.29, 0.717) is 13.1 Å². The molecule has 128 valence electrons. The van der Waals surface area contributed by atoms with E-state index in [9.17, 15) is 4.79 Å². The standard InChI is InChI=1S/C20H21N3OS/c1-15-8-10-17(11-9-15)21-19(24)13-23(2)12-18-14-25-20(22-18)16-6-4-3-5-7-16/h3-11,14H,12-13H2,1-2H3,(H,21,24). The third-order valence-electron chi connectivity index (χ3n) is 3.75. The second-order valence-electron chi connectivity index (χ2n) is 6.10. The maximum absolute atomic E-state index is 12.2. The fourth-order valence-corrected chi connectivity index (χ4v) is 3.32. The number of rotatable bonds is 6. The van der Waals surface area contributed by atoms with Crippen LogP contribution in [-0.4, -0.2) is 29.4 Å². The van der Waals surface area contributed by atoms with E-state index in [2.05, 4.69) is 27.8 Å². The zero-order chi connectivity index (χ0) is 17.6. The van der Waals surface area contributed by atoms with E-state index in [1.54, 1.807) is 11.3 Å². The number of benzene rings is 2. The molecule has 0 saturated carbocycles. The Balaban J connectivity index is 1.54. The van der Waals surface area contributed by atoms with Gasteiger partial charge in [0, 0.05) is 23.2 Å². The predicted molar refractivity (Wildman–Crippen MR) is 104 cm³/mol. The summed E-state index contributed by atoms with van der Waals surface area (Å²) in [7, 11) is 1.93. The minimum Gasteiger partial charge on any atom is -0.325 e. The summed E-state index contributed by atoms with van der Waals surface area (Å²) in [5.41, 5.74) is 4.10. The Morgan fingerprint density at radius 1 is 1.12 bits per heavy atom. The molecular formula is C20H21N3OS. The molecule has 0 aliphatic carbocycles. The van der Waals surface area contributed by atoms with Crippen LogP contribution < -0.4 is 5.32 Å². The van der Waals surface area contributed by atoms with Gasteiger partial charge in [-0.05, 0) is 26.1 Å². The molecule has 0 bridgehead atoms. The fourth-order valence-electron chi connectivity index (χ4n) is 2.51. The molecule has 25 heavy (non-hydrogen) atoms. The van der Waals surface area contributed by atoms with Crippen LogP contribution in [0.25, 0.3) is 10.6 Å². The first kappa shape index (κ1) is 17.3. The second kappa shape index (κ2) is 8.05. The zero-order valence-corrected chi connectivity index (χ0v) is 15.2. The Morgan fingerprint density at radius 2 is 1.84 bits per heavy atom. The number of aromatic nitrogens is 1. The van der Waals surface area contributed by atoms with Gasteiger partial charge in [0.05, 0.1) is 12.2 Å². The number of aryl methyl sites for hydroxylation is 1. The van der Waals surface area contributed by atoms with Crippen LogP contribution in [0.4, 0.5) is 5.69 Å². The van der Waals surface area contributed by atoms with Gasteiger partial charge in [0.15, 0.2) is 0 Å². The van der Waals surface area contributed by atoms with Crippen LogP contribution in [0, 0.1) is 6.92 Å². The van der Waals surface area contributed by atoms with Crippen LogP contribution in [0.2, 0.25) is 0 Å². The number of likely N-dealkylation sites (N-methyl/N-ethyl adjacent to an activating group) is 1. The highest BCUT2D eigenvalue weighted by atomic mass is 32.1. The minimum absolute atomic E-state index is 0.0233. The number of hydrogen-bond acceptors (Lipinski definition) is 4. The normalized spacial score (nSPS) is 10.8. The molecule has 0 saturated heterocycles. The summed E-state index contributed by atoms with van der Waals surface area (Å²) >= 11 is 1.63. The molecule has 0 fully saturated rings. The van der Waals surface area contributed by atoms with Crippen molar-refractivity contribution in [3.8, 4) is 10.6 Å². The smallest absolute Gasteiger partial charge is 0.238 e. The number of carbonyl (C=O) groups excluding carboxylic acids is 1. The van der Waals surface area contributed by atoms with Gasteiger partial charge in [-0.2, -0.15) is 0 Å². The first-order valence-electron chi connectivity index (χ1n) is 8.15. The van der Waals surface area contributed by atoms with Gasteiger partial charge < -0.3 is 5.32 Å². The molecule has 1 heterocycles. The summed E-state index contributed by atoms with van der Waals surface area (Å²) in [4.78, 5) is 18.8. The van der Waals surface area contributed by atoms with Gasteiger partial charge in [-0.3, -0.25) is 9.69 Å². The number of nitrogens with zero attached hydrogens (tertiary/aromatic N) is 2. The van der Waals surface area contributed by atoms with Crippen molar-refractivity contribution in [2.24, 2.45) is 0 Å². The van der Waals surface area contributed by atoms with E-state index < -0.39 is 0 Å². The molecule has 4 nitrogen and oxygen atoms in total. The van der Waals surface area contributed by atoms with E-state index >= 15 is 0 Å². The van der Waals surface area contributed by atoms with E-state index in [1.165, 1.54) is 5.56 Å². The number of thiazole rings is 1. The van der Waals surface area contributed by atoms with Gasteiger partial charge in [0.25, 0.3) is 0 Å². The first-order chi connectivity index (χ1) is 12.1. The number of carbonyl (C=O) groups is 1. The lowest BCUT2D eigenvalue weighted by Crippen LogP contribution is -2.29. The molecule has 5 heteroatoms. The average Bonchev–Trinajstić information content (AvgIpc) is 3.06. The monoisotopic (exact) mass is 351 g/mol. The molecule has 2 aromatic carbocycles. The molecule has 0 aliphatic heterocycles. The largest absolute Gasteiger partial charge is 0.325 e. The highest BCUT2D eigenvalue weighted by Crippen LogP contribution is 2.23. The molecule has 3 aromatic rings. The predicted octanol–water partition coefficient (Wildman–Crippen LogP) is 4.19. The lowest BCUT2D eigenvalue weighted by atomic mass is 10.2. The SMILES string of the molecule is Cc1ccc(NC(=O)CN(C)Cc2csc(-c3ccccc3)n2)cc1. The third-order valence-corrected chi connectivity index (χ3v) is 4.69. The molecule has 0 aliphatic rings. The van der Waals surface area contributed by atoms with Crippen molar-refractivity contribution in [1.29, 1.82) is 0 Å². The topological polar surface area (TPSA) is 45.2 Å². The molecule has 1 amide bonds. The number of amides is 1. The minimum atomic E-state index is -0.0233. The average molecular weight is 351 g/mol. The zero-order valence-electron chi connectivity index (χ0n) is 14.4. The van der Waals surface area contributed by atoms with E-state index in [1.807, 2.05) is 61.3 Å². The Bertz CT molecular complexity index is 828. The Labute approximate surface area is 152 Å². The van der Waals surface area contributed by atoms with Crippen LogP contribution >= 0.6 is 11.3 Å². The van der Waals surface area contributed by atoms with Gasteiger partial charge >= 0.3 is 0 Å². The van der Waals surface area contributed by atoms with Gasteiger partial charge in [0.2, 0.25) is 5.91 Å². The quantitative estimate of drug-likeness (QED) is 0.724. The van der Waals surface area contributed by atoms with Crippen molar-refractivity contribution in [2.45, 2.75) is 13.5 Å². The summed E-state index contributed by atoms with van der Waals surface area (Å²) < 4.78 is 0. The van der Waals surface area contributed by atoms with E-state index in [0.717, 1.165) is 22.0 Å². The van der Waals surface area contributed by atoms with Crippen molar-refractivity contribution in [2.75, 3.05) is 18.9 Å². The molecule has 3 rings (SSSR count). The summed E-state index contributed by atoms with van der Waals surface area (Å²) in [6.07, 6.45) is 0. The van der Waals surface area contributed by atoms with Crippen LogP contribution in [0.15, 0.2) is 60.0 Å². The van der Waals surface area contributed by atoms with Crippen molar-refractivity contribution in [1.82, 2.24) is 9.88 Å². The summed E-state index contributed by atoms with van der Waals surface area (Å²) in [5, 5.41) is 5.98. The molecule has 0 atom stereocenters. The highest BCUT2D eigenvalue weighted by Gasteiger charge is 2.10. The van der Waals surface area contributed by atoms with Crippen LogP contribution in [-0.2, 0) is 11.3 Å². The third kappa shape index (κ3) is 4.98. The molecule has 0 radical (unpaired) electrons.